The van der Waals surface area contributed by atoms with Crippen LogP contribution in [0.3, 0.4) is 0 Å². The van der Waals surface area contributed by atoms with Crippen LogP contribution in [0.25, 0.3) is 11.1 Å². The molecule has 0 aromatic heterocycles. The highest BCUT2D eigenvalue weighted by atomic mass is 16.5. The molecular formula is C17H18O3. The quantitative estimate of drug-likeness (QED) is 0.791. The minimum atomic E-state index is 0.0669. The molecule has 0 spiro atoms. The third-order valence-electron chi connectivity index (χ3n) is 3.33. The smallest absolute Gasteiger partial charge is 0.159 e. The van der Waals surface area contributed by atoms with E-state index in [4.69, 9.17) is 9.47 Å². The summed E-state index contributed by atoms with van der Waals surface area (Å²) in [6.07, 6.45) is 0. The summed E-state index contributed by atoms with van der Waals surface area (Å²) in [5.74, 6) is 1.62. The fraction of sp³-hybridized carbons (Fsp3) is 0.235. The summed E-state index contributed by atoms with van der Waals surface area (Å²) in [5.41, 5.74) is 3.74. The van der Waals surface area contributed by atoms with Gasteiger partial charge in [-0.2, -0.15) is 0 Å². The van der Waals surface area contributed by atoms with Gasteiger partial charge in [-0.25, -0.2) is 0 Å². The van der Waals surface area contributed by atoms with Gasteiger partial charge in [0, 0.05) is 11.1 Å². The van der Waals surface area contributed by atoms with Gasteiger partial charge in [0.05, 0.1) is 14.2 Å². The van der Waals surface area contributed by atoms with Gasteiger partial charge in [-0.15, -0.1) is 0 Å². The summed E-state index contributed by atoms with van der Waals surface area (Å²) in [6.45, 7) is 3.56. The number of carbonyl (C=O) groups excluding carboxylic acids is 1. The lowest BCUT2D eigenvalue weighted by Crippen LogP contribution is -1.96. The number of benzene rings is 2. The lowest BCUT2D eigenvalue weighted by Gasteiger charge is -2.13. The molecule has 2 aromatic rings. The lowest BCUT2D eigenvalue weighted by atomic mass is 9.96. The van der Waals surface area contributed by atoms with Crippen LogP contribution < -0.4 is 9.47 Å². The fourth-order valence-electron chi connectivity index (χ4n) is 2.21. The van der Waals surface area contributed by atoms with Crippen LogP contribution >= 0.6 is 0 Å². The molecule has 3 nitrogen and oxygen atoms in total. The van der Waals surface area contributed by atoms with Crippen LogP contribution in [0.15, 0.2) is 36.4 Å². The van der Waals surface area contributed by atoms with Gasteiger partial charge in [0.2, 0.25) is 0 Å². The van der Waals surface area contributed by atoms with Gasteiger partial charge >= 0.3 is 0 Å². The van der Waals surface area contributed by atoms with Crippen molar-refractivity contribution in [2.45, 2.75) is 13.8 Å². The number of ether oxygens (including phenoxy) is 2. The molecule has 0 saturated heterocycles. The first-order valence-electron chi connectivity index (χ1n) is 6.40. The first-order chi connectivity index (χ1) is 9.56. The molecule has 0 unspecified atom stereocenters. The van der Waals surface area contributed by atoms with E-state index in [1.807, 2.05) is 43.3 Å². The zero-order chi connectivity index (χ0) is 14.7. The summed E-state index contributed by atoms with van der Waals surface area (Å²) in [7, 11) is 3.28. The van der Waals surface area contributed by atoms with Crippen molar-refractivity contribution in [3.05, 3.63) is 47.5 Å². The first kappa shape index (κ1) is 14.1. The molecule has 0 aliphatic rings. The van der Waals surface area contributed by atoms with Crippen molar-refractivity contribution in [2.75, 3.05) is 14.2 Å². The molecule has 0 fully saturated rings. The topological polar surface area (TPSA) is 35.5 Å². The Morgan fingerprint density at radius 1 is 0.950 bits per heavy atom. The molecule has 0 amide bonds. The molecule has 2 aromatic carbocycles. The second-order valence-corrected chi connectivity index (χ2v) is 4.65. The Kier molecular flexibility index (Phi) is 4.08. The summed E-state index contributed by atoms with van der Waals surface area (Å²) >= 11 is 0. The molecule has 0 atom stereocenters. The molecule has 104 valence electrons. The van der Waals surface area contributed by atoms with Crippen molar-refractivity contribution in [3.8, 4) is 22.6 Å². The maximum Gasteiger partial charge on any atom is 0.159 e. The predicted octanol–water partition coefficient (Wildman–Crippen LogP) is 3.88. The van der Waals surface area contributed by atoms with Crippen molar-refractivity contribution >= 4 is 5.78 Å². The lowest BCUT2D eigenvalue weighted by molar-refractivity contribution is 0.101. The van der Waals surface area contributed by atoms with Gasteiger partial charge in [-0.3, -0.25) is 4.79 Å². The number of aryl methyl sites for hydroxylation is 1. The number of carbonyl (C=O) groups is 1. The highest BCUT2D eigenvalue weighted by molar-refractivity contribution is 5.95. The maximum absolute atomic E-state index is 11.4. The average molecular weight is 270 g/mol. The van der Waals surface area contributed by atoms with E-state index in [1.165, 1.54) is 0 Å². The number of hydrogen-bond acceptors (Lipinski definition) is 3. The molecule has 0 aliphatic heterocycles. The summed E-state index contributed by atoms with van der Waals surface area (Å²) in [4.78, 5) is 11.4. The molecule has 0 aliphatic carbocycles. The third-order valence-corrected chi connectivity index (χ3v) is 3.33. The van der Waals surface area contributed by atoms with E-state index in [0.717, 1.165) is 28.2 Å². The first-order valence-corrected chi connectivity index (χ1v) is 6.40. The zero-order valence-corrected chi connectivity index (χ0v) is 12.2. The number of hydrogen-bond donors (Lipinski definition) is 0. The Morgan fingerprint density at radius 2 is 1.70 bits per heavy atom. The molecule has 0 bridgehead atoms. The molecule has 0 heterocycles. The Labute approximate surface area is 119 Å². The van der Waals surface area contributed by atoms with E-state index in [1.54, 1.807) is 21.1 Å². The van der Waals surface area contributed by atoms with Crippen LogP contribution in [0.5, 0.6) is 11.5 Å². The van der Waals surface area contributed by atoms with Crippen molar-refractivity contribution in [2.24, 2.45) is 0 Å². The Morgan fingerprint density at radius 3 is 2.25 bits per heavy atom. The van der Waals surface area contributed by atoms with Crippen molar-refractivity contribution in [1.29, 1.82) is 0 Å². The Bertz CT molecular complexity index is 645. The van der Waals surface area contributed by atoms with Crippen LogP contribution in [0, 0.1) is 6.92 Å². The number of Topliss-reactive ketones (excluding diaryl/α,β-unsaturated/α-hetero) is 1. The molecule has 20 heavy (non-hydrogen) atoms. The molecule has 2 rings (SSSR count). The van der Waals surface area contributed by atoms with Crippen LogP contribution in [-0.4, -0.2) is 20.0 Å². The van der Waals surface area contributed by atoms with E-state index in [2.05, 4.69) is 0 Å². The summed E-state index contributed by atoms with van der Waals surface area (Å²) < 4.78 is 10.7. The van der Waals surface area contributed by atoms with E-state index in [9.17, 15) is 4.79 Å². The largest absolute Gasteiger partial charge is 0.497 e. The highest BCUT2D eigenvalue weighted by Gasteiger charge is 2.11. The number of ketones is 1. The van der Waals surface area contributed by atoms with E-state index < -0.39 is 0 Å². The van der Waals surface area contributed by atoms with Crippen molar-refractivity contribution in [1.82, 2.24) is 0 Å². The SMILES string of the molecule is COc1ccc(OC)c(-c2ccc(C(C)=O)cc2C)c1. The monoisotopic (exact) mass is 270 g/mol. The molecule has 0 radical (unpaired) electrons. The van der Waals surface area contributed by atoms with Gasteiger partial charge in [0.25, 0.3) is 0 Å². The van der Waals surface area contributed by atoms with Gasteiger partial charge in [-0.05, 0) is 49.2 Å². The van der Waals surface area contributed by atoms with Gasteiger partial charge in [0.1, 0.15) is 11.5 Å². The summed E-state index contributed by atoms with van der Waals surface area (Å²) in [5, 5.41) is 0. The van der Waals surface area contributed by atoms with Crippen LogP contribution in [0.2, 0.25) is 0 Å². The van der Waals surface area contributed by atoms with Gasteiger partial charge < -0.3 is 9.47 Å². The van der Waals surface area contributed by atoms with E-state index >= 15 is 0 Å². The van der Waals surface area contributed by atoms with Gasteiger partial charge in [0.15, 0.2) is 5.78 Å². The predicted molar refractivity (Wildman–Crippen MR) is 79.7 cm³/mol. The molecule has 3 heteroatoms. The molecular weight excluding hydrogens is 252 g/mol. The maximum atomic E-state index is 11.4. The van der Waals surface area contributed by atoms with Crippen molar-refractivity contribution < 1.29 is 14.3 Å². The molecule has 0 saturated carbocycles. The van der Waals surface area contributed by atoms with Crippen LogP contribution in [0.4, 0.5) is 0 Å². The minimum Gasteiger partial charge on any atom is -0.497 e. The van der Waals surface area contributed by atoms with Gasteiger partial charge in [-0.1, -0.05) is 12.1 Å². The molecule has 0 N–H and O–H groups in total. The second-order valence-electron chi connectivity index (χ2n) is 4.65. The summed E-state index contributed by atoms with van der Waals surface area (Å²) in [6, 6.07) is 11.4. The standard InChI is InChI=1S/C17H18O3/c1-11-9-13(12(2)18)5-7-15(11)16-10-14(19-3)6-8-17(16)20-4/h5-10H,1-4H3. The van der Waals surface area contributed by atoms with Crippen LogP contribution in [-0.2, 0) is 0 Å². The van der Waals surface area contributed by atoms with Crippen molar-refractivity contribution in [3.63, 3.8) is 0 Å². The normalized spacial score (nSPS) is 10.2. The van der Waals surface area contributed by atoms with E-state index in [0.29, 0.717) is 5.56 Å². The fourth-order valence-corrected chi connectivity index (χ4v) is 2.21. The number of methoxy groups -OCH3 is 2. The Hall–Kier alpha value is -2.29. The average Bonchev–Trinajstić information content (AvgIpc) is 2.46. The Balaban J connectivity index is 2.58. The highest BCUT2D eigenvalue weighted by Crippen LogP contribution is 2.35. The number of rotatable bonds is 4. The zero-order valence-electron chi connectivity index (χ0n) is 12.2. The minimum absolute atomic E-state index is 0.0669. The van der Waals surface area contributed by atoms with Crippen LogP contribution in [0.1, 0.15) is 22.8 Å². The third kappa shape index (κ3) is 2.67. The second kappa shape index (κ2) is 5.78. The van der Waals surface area contributed by atoms with E-state index in [-0.39, 0.29) is 5.78 Å².